The second kappa shape index (κ2) is 9.44. The topological polar surface area (TPSA) is 74.6 Å². The molecule has 0 aliphatic heterocycles. The molecule has 0 amide bonds. The van der Waals surface area contributed by atoms with Crippen molar-refractivity contribution in [2.24, 2.45) is 11.3 Å². The molecule has 2 N–H and O–H groups in total. The second-order valence-electron chi connectivity index (χ2n) is 7.05. The van der Waals surface area contributed by atoms with Crippen molar-refractivity contribution in [3.8, 4) is 0 Å². The minimum atomic E-state index is -0.838. The van der Waals surface area contributed by atoms with Crippen molar-refractivity contribution < 1.29 is 19.8 Å². The van der Waals surface area contributed by atoms with E-state index in [2.05, 4.69) is 0 Å². The van der Waals surface area contributed by atoms with E-state index in [9.17, 15) is 9.59 Å². The maximum Gasteiger partial charge on any atom is 0.330 e. The Bertz CT molecular complexity index is 432. The molecule has 0 radical (unpaired) electrons. The predicted octanol–water partition coefficient (Wildman–Crippen LogP) is 4.66. The van der Waals surface area contributed by atoms with Gasteiger partial charge in [0, 0.05) is 11.1 Å². The van der Waals surface area contributed by atoms with E-state index in [0.717, 1.165) is 0 Å². The molecule has 0 aromatic carbocycles. The Morgan fingerprint density at radius 2 is 1.36 bits per heavy atom. The number of hydrogen-bond donors (Lipinski definition) is 2. The summed E-state index contributed by atoms with van der Waals surface area (Å²) in [5.41, 5.74) is 0.872. The zero-order valence-corrected chi connectivity index (χ0v) is 14.5. The third kappa shape index (κ3) is 10.2. The quantitative estimate of drug-likeness (QED) is 0.743. The summed E-state index contributed by atoms with van der Waals surface area (Å²) < 4.78 is 0. The Morgan fingerprint density at radius 3 is 1.68 bits per heavy atom. The van der Waals surface area contributed by atoms with Crippen molar-refractivity contribution in [3.63, 3.8) is 0 Å². The van der Waals surface area contributed by atoms with Crippen LogP contribution in [0.5, 0.6) is 0 Å². The van der Waals surface area contributed by atoms with Gasteiger partial charge in [0.25, 0.3) is 0 Å². The van der Waals surface area contributed by atoms with Gasteiger partial charge in [-0.25, -0.2) is 9.59 Å². The van der Waals surface area contributed by atoms with Gasteiger partial charge in [-0.05, 0) is 38.0 Å². The number of carbonyl (C=O) groups is 2. The van der Waals surface area contributed by atoms with Crippen molar-refractivity contribution in [2.75, 3.05) is 0 Å². The first-order valence-corrected chi connectivity index (χ1v) is 7.87. The van der Waals surface area contributed by atoms with Crippen molar-refractivity contribution in [1.82, 2.24) is 0 Å². The first-order chi connectivity index (χ1) is 10.0. The molecule has 1 aliphatic rings. The molecule has 0 atom stereocenters. The summed E-state index contributed by atoms with van der Waals surface area (Å²) in [4.78, 5) is 20.8. The number of carboxylic acid groups (broad SMARTS) is 2. The van der Waals surface area contributed by atoms with Crippen LogP contribution in [0.3, 0.4) is 0 Å². The first-order valence-electron chi connectivity index (χ1n) is 7.87. The molecule has 0 heterocycles. The second-order valence-corrected chi connectivity index (χ2v) is 7.05. The lowest BCUT2D eigenvalue weighted by Crippen LogP contribution is -2.06. The molecule has 126 valence electrons. The largest absolute Gasteiger partial charge is 0.478 e. The van der Waals surface area contributed by atoms with Crippen LogP contribution in [-0.4, -0.2) is 22.2 Å². The van der Waals surface area contributed by atoms with Crippen molar-refractivity contribution >= 4 is 11.9 Å². The fraction of sp³-hybridized carbons (Fsp3) is 0.667. The Kier molecular flexibility index (Phi) is 8.76. The zero-order chi connectivity index (χ0) is 17.3. The molecule has 0 spiro atoms. The number of allylic oxidation sites excluding steroid dienone is 2. The van der Waals surface area contributed by atoms with Gasteiger partial charge in [-0.3, -0.25) is 0 Å². The lowest BCUT2D eigenvalue weighted by molar-refractivity contribution is -0.133. The summed E-state index contributed by atoms with van der Waals surface area (Å²) in [5.74, 6) is -1.09. The maximum atomic E-state index is 10.5. The predicted molar refractivity (Wildman–Crippen MR) is 88.8 cm³/mol. The average Bonchev–Trinajstić information content (AvgIpc) is 2.38. The molecule has 0 unspecified atom stereocenters. The van der Waals surface area contributed by atoms with Gasteiger partial charge in [0.2, 0.25) is 0 Å². The van der Waals surface area contributed by atoms with Gasteiger partial charge in [-0.2, -0.15) is 0 Å². The van der Waals surface area contributed by atoms with E-state index in [1.165, 1.54) is 32.1 Å². The smallest absolute Gasteiger partial charge is 0.330 e. The minimum absolute atomic E-state index is 0.0392. The van der Waals surface area contributed by atoms with Crippen LogP contribution < -0.4 is 0 Å². The standard InChI is InChI=1S/C10H16O2.C8H14O2/c1-8(10(11)12)7-9-5-3-2-4-6-9;1-6(7(9)10)5-8(2,3)4/h7,9H,2-6H2,1H3,(H,11,12);5H,1-4H3,(H,9,10)/b8-7+;6-5+. The molecule has 0 aromatic heterocycles. The molecule has 4 heteroatoms. The monoisotopic (exact) mass is 310 g/mol. The zero-order valence-electron chi connectivity index (χ0n) is 14.5. The molecule has 4 nitrogen and oxygen atoms in total. The van der Waals surface area contributed by atoms with E-state index in [-0.39, 0.29) is 5.41 Å². The number of aliphatic carboxylic acids is 2. The molecule has 22 heavy (non-hydrogen) atoms. The minimum Gasteiger partial charge on any atom is -0.478 e. The Hall–Kier alpha value is -1.58. The molecule has 0 aromatic rings. The molecule has 1 saturated carbocycles. The third-order valence-electron chi connectivity index (χ3n) is 3.46. The highest BCUT2D eigenvalue weighted by Gasteiger charge is 2.12. The SMILES string of the molecule is C/C(=C\C(C)(C)C)C(=O)O.C/C(=C\C1CCCCC1)C(=O)O. The van der Waals surface area contributed by atoms with E-state index in [1.807, 2.05) is 26.8 Å². The summed E-state index contributed by atoms with van der Waals surface area (Å²) in [5, 5.41) is 17.1. The molecular weight excluding hydrogens is 280 g/mol. The van der Waals surface area contributed by atoms with E-state index in [0.29, 0.717) is 17.1 Å². The van der Waals surface area contributed by atoms with E-state index >= 15 is 0 Å². The maximum absolute atomic E-state index is 10.5. The van der Waals surface area contributed by atoms with Gasteiger partial charge in [-0.15, -0.1) is 0 Å². The Labute approximate surface area is 133 Å². The van der Waals surface area contributed by atoms with Crippen molar-refractivity contribution in [1.29, 1.82) is 0 Å². The van der Waals surface area contributed by atoms with Gasteiger partial charge in [-0.1, -0.05) is 52.2 Å². The fourth-order valence-corrected chi connectivity index (χ4v) is 2.44. The molecular formula is C18H30O4. The van der Waals surface area contributed by atoms with Crippen LogP contribution in [0.2, 0.25) is 0 Å². The van der Waals surface area contributed by atoms with Crippen LogP contribution >= 0.6 is 0 Å². The normalized spacial score (nSPS) is 17.5. The number of carboxylic acids is 2. The fourth-order valence-electron chi connectivity index (χ4n) is 2.44. The van der Waals surface area contributed by atoms with Gasteiger partial charge >= 0.3 is 11.9 Å². The van der Waals surface area contributed by atoms with Crippen LogP contribution in [0.25, 0.3) is 0 Å². The first kappa shape index (κ1) is 20.4. The molecule has 1 aliphatic carbocycles. The molecule has 1 fully saturated rings. The van der Waals surface area contributed by atoms with Crippen LogP contribution in [0.4, 0.5) is 0 Å². The molecule has 0 saturated heterocycles. The Morgan fingerprint density at radius 1 is 0.909 bits per heavy atom. The number of rotatable bonds is 3. The highest BCUT2D eigenvalue weighted by Crippen LogP contribution is 2.25. The Balaban J connectivity index is 0.000000409. The van der Waals surface area contributed by atoms with Crippen molar-refractivity contribution in [2.45, 2.75) is 66.7 Å². The van der Waals surface area contributed by atoms with Crippen LogP contribution in [0.1, 0.15) is 66.7 Å². The average molecular weight is 310 g/mol. The lowest BCUT2D eigenvalue weighted by Gasteiger charge is -2.18. The highest BCUT2D eigenvalue weighted by molar-refractivity contribution is 5.86. The summed E-state index contributed by atoms with van der Waals surface area (Å²) in [6.07, 6.45) is 9.84. The van der Waals surface area contributed by atoms with Gasteiger partial charge < -0.3 is 10.2 Å². The van der Waals surface area contributed by atoms with E-state index in [1.54, 1.807) is 19.9 Å². The summed E-state index contributed by atoms with van der Waals surface area (Å²) in [6.45, 7) is 9.20. The lowest BCUT2D eigenvalue weighted by atomic mass is 9.88. The van der Waals surface area contributed by atoms with E-state index in [4.69, 9.17) is 10.2 Å². The molecule has 0 bridgehead atoms. The van der Waals surface area contributed by atoms with Crippen LogP contribution in [0.15, 0.2) is 23.3 Å². The summed E-state index contributed by atoms with van der Waals surface area (Å²) in [7, 11) is 0. The number of hydrogen-bond acceptors (Lipinski definition) is 2. The van der Waals surface area contributed by atoms with Gasteiger partial charge in [0.1, 0.15) is 0 Å². The van der Waals surface area contributed by atoms with Gasteiger partial charge in [0.15, 0.2) is 0 Å². The van der Waals surface area contributed by atoms with Crippen LogP contribution in [-0.2, 0) is 9.59 Å². The highest BCUT2D eigenvalue weighted by atomic mass is 16.4. The van der Waals surface area contributed by atoms with Crippen molar-refractivity contribution in [3.05, 3.63) is 23.3 Å². The third-order valence-corrected chi connectivity index (χ3v) is 3.46. The van der Waals surface area contributed by atoms with Gasteiger partial charge in [0.05, 0.1) is 0 Å². The molecule has 1 rings (SSSR count). The summed E-state index contributed by atoms with van der Waals surface area (Å²) >= 11 is 0. The van der Waals surface area contributed by atoms with Crippen LogP contribution in [0, 0.1) is 11.3 Å². The summed E-state index contributed by atoms with van der Waals surface area (Å²) in [6, 6.07) is 0. The van der Waals surface area contributed by atoms with E-state index < -0.39 is 11.9 Å².